The highest BCUT2D eigenvalue weighted by molar-refractivity contribution is 6.31. The summed E-state index contributed by atoms with van der Waals surface area (Å²) in [6, 6.07) is 9.27. The Morgan fingerprint density at radius 3 is 2.73 bits per heavy atom. The lowest BCUT2D eigenvalue weighted by Crippen LogP contribution is -2.29. The fourth-order valence-corrected chi connectivity index (χ4v) is 3.24. The van der Waals surface area contributed by atoms with Crippen LogP contribution in [0.3, 0.4) is 0 Å². The van der Waals surface area contributed by atoms with Crippen molar-refractivity contribution in [3.8, 4) is 0 Å². The highest BCUT2D eigenvalue weighted by atomic mass is 35.5. The number of benzene rings is 1. The molecule has 0 aliphatic heterocycles. The number of fused-ring (bicyclic) bond motifs is 1. The molecule has 0 unspecified atom stereocenters. The number of hydrogen-bond acceptors (Lipinski definition) is 3. The van der Waals surface area contributed by atoms with Crippen molar-refractivity contribution in [2.24, 2.45) is 17.6 Å². The van der Waals surface area contributed by atoms with Gasteiger partial charge in [0.25, 0.3) is 0 Å². The van der Waals surface area contributed by atoms with E-state index in [1.807, 2.05) is 24.3 Å². The Morgan fingerprint density at radius 1 is 1.23 bits per heavy atom. The molecule has 116 valence electrons. The summed E-state index contributed by atoms with van der Waals surface area (Å²) in [6.45, 7) is 0.725. The van der Waals surface area contributed by atoms with Gasteiger partial charge in [0.05, 0.1) is 5.52 Å². The Balaban J connectivity index is 1.68. The lowest BCUT2D eigenvalue weighted by Gasteiger charge is -2.26. The van der Waals surface area contributed by atoms with Gasteiger partial charge in [0.1, 0.15) is 5.82 Å². The van der Waals surface area contributed by atoms with Crippen molar-refractivity contribution in [1.82, 2.24) is 4.98 Å². The predicted molar refractivity (Wildman–Crippen MR) is 89.9 cm³/mol. The SMILES string of the molecule is NC[C@H]1CC[C@H](C(=O)Nc2ccc3cc(Cl)ccc3n2)CC1. The van der Waals surface area contributed by atoms with Crippen LogP contribution >= 0.6 is 11.6 Å². The average molecular weight is 318 g/mol. The molecule has 1 aromatic carbocycles. The first-order valence-corrected chi connectivity index (χ1v) is 8.11. The molecule has 3 rings (SSSR count). The van der Waals surface area contributed by atoms with Crippen LogP contribution in [0.2, 0.25) is 5.02 Å². The monoisotopic (exact) mass is 317 g/mol. The van der Waals surface area contributed by atoms with Crippen molar-refractivity contribution in [3.63, 3.8) is 0 Å². The standard InChI is InChI=1S/C17H20ClN3O/c18-14-6-7-15-13(9-14)5-8-16(20-15)21-17(22)12-3-1-11(10-19)2-4-12/h5-9,11-12H,1-4,10,19H2,(H,20,21,22)/t11-,12-. The second kappa shape index (κ2) is 6.63. The van der Waals surface area contributed by atoms with Crippen molar-refractivity contribution in [3.05, 3.63) is 35.4 Å². The van der Waals surface area contributed by atoms with Crippen molar-refractivity contribution < 1.29 is 4.79 Å². The number of nitrogens with two attached hydrogens (primary N) is 1. The normalized spacial score (nSPS) is 21.7. The number of anilines is 1. The van der Waals surface area contributed by atoms with E-state index < -0.39 is 0 Å². The molecule has 1 saturated carbocycles. The fourth-order valence-electron chi connectivity index (χ4n) is 3.05. The number of amides is 1. The van der Waals surface area contributed by atoms with Crippen LogP contribution in [0, 0.1) is 11.8 Å². The van der Waals surface area contributed by atoms with Crippen LogP contribution in [0.1, 0.15) is 25.7 Å². The summed E-state index contributed by atoms with van der Waals surface area (Å²) in [7, 11) is 0. The third-order valence-corrected chi connectivity index (χ3v) is 4.69. The van der Waals surface area contributed by atoms with Gasteiger partial charge in [-0.3, -0.25) is 4.79 Å². The molecule has 0 spiro atoms. The van der Waals surface area contributed by atoms with E-state index in [1.165, 1.54) is 0 Å². The lowest BCUT2D eigenvalue weighted by molar-refractivity contribution is -0.121. The van der Waals surface area contributed by atoms with Gasteiger partial charge in [0.15, 0.2) is 0 Å². The second-order valence-electron chi connectivity index (χ2n) is 5.98. The summed E-state index contributed by atoms with van der Waals surface area (Å²) in [4.78, 5) is 16.8. The van der Waals surface area contributed by atoms with Crippen LogP contribution < -0.4 is 11.1 Å². The largest absolute Gasteiger partial charge is 0.330 e. The summed E-state index contributed by atoms with van der Waals surface area (Å²) in [5.41, 5.74) is 6.52. The molecule has 5 heteroatoms. The maximum absolute atomic E-state index is 12.3. The van der Waals surface area contributed by atoms with Gasteiger partial charge in [-0.05, 0) is 68.5 Å². The first kappa shape index (κ1) is 15.3. The number of aromatic nitrogens is 1. The van der Waals surface area contributed by atoms with E-state index in [9.17, 15) is 4.79 Å². The smallest absolute Gasteiger partial charge is 0.228 e. The molecule has 0 atom stereocenters. The Bertz CT molecular complexity index is 681. The Kier molecular flexibility index (Phi) is 4.60. The molecule has 1 aromatic heterocycles. The molecule has 0 radical (unpaired) electrons. The van der Waals surface area contributed by atoms with Gasteiger partial charge in [-0.2, -0.15) is 0 Å². The maximum Gasteiger partial charge on any atom is 0.228 e. The third-order valence-electron chi connectivity index (χ3n) is 4.45. The Hall–Kier alpha value is -1.65. The van der Waals surface area contributed by atoms with Crippen LogP contribution in [0.4, 0.5) is 5.82 Å². The average Bonchev–Trinajstić information content (AvgIpc) is 2.55. The summed E-state index contributed by atoms with van der Waals surface area (Å²) >= 11 is 5.96. The minimum Gasteiger partial charge on any atom is -0.330 e. The van der Waals surface area contributed by atoms with E-state index in [0.29, 0.717) is 16.8 Å². The minimum atomic E-state index is 0.0660. The van der Waals surface area contributed by atoms with E-state index in [0.717, 1.165) is 43.1 Å². The zero-order valence-electron chi connectivity index (χ0n) is 12.4. The summed E-state index contributed by atoms with van der Waals surface area (Å²) in [6.07, 6.45) is 3.91. The number of nitrogens with zero attached hydrogens (tertiary/aromatic N) is 1. The van der Waals surface area contributed by atoms with Crippen LogP contribution in [0.5, 0.6) is 0 Å². The van der Waals surface area contributed by atoms with Crippen molar-refractivity contribution >= 4 is 34.2 Å². The quantitative estimate of drug-likeness (QED) is 0.909. The molecule has 0 saturated heterocycles. The minimum absolute atomic E-state index is 0.0660. The van der Waals surface area contributed by atoms with Crippen LogP contribution in [0.15, 0.2) is 30.3 Å². The van der Waals surface area contributed by atoms with Gasteiger partial charge in [0.2, 0.25) is 5.91 Å². The molecular weight excluding hydrogens is 298 g/mol. The van der Waals surface area contributed by atoms with E-state index in [2.05, 4.69) is 10.3 Å². The molecule has 0 bridgehead atoms. The Labute approximate surface area is 135 Å². The molecule has 1 aliphatic carbocycles. The molecule has 3 N–H and O–H groups in total. The number of carbonyl (C=O) groups excluding carboxylic acids is 1. The van der Waals surface area contributed by atoms with Gasteiger partial charge in [0, 0.05) is 16.3 Å². The number of rotatable bonds is 3. The first-order chi connectivity index (χ1) is 10.7. The lowest BCUT2D eigenvalue weighted by atomic mass is 9.81. The molecule has 22 heavy (non-hydrogen) atoms. The number of nitrogens with one attached hydrogen (secondary N) is 1. The summed E-state index contributed by atoms with van der Waals surface area (Å²) in [5.74, 6) is 1.31. The highest BCUT2D eigenvalue weighted by Crippen LogP contribution is 2.29. The number of pyridine rings is 1. The van der Waals surface area contributed by atoms with E-state index in [1.54, 1.807) is 6.07 Å². The molecular formula is C17H20ClN3O. The van der Waals surface area contributed by atoms with Crippen molar-refractivity contribution in [2.45, 2.75) is 25.7 Å². The first-order valence-electron chi connectivity index (χ1n) is 7.73. The Morgan fingerprint density at radius 2 is 2.00 bits per heavy atom. The van der Waals surface area contributed by atoms with Gasteiger partial charge in [-0.25, -0.2) is 4.98 Å². The predicted octanol–water partition coefficient (Wildman–Crippen LogP) is 3.59. The zero-order chi connectivity index (χ0) is 15.5. The fraction of sp³-hybridized carbons (Fsp3) is 0.412. The van der Waals surface area contributed by atoms with Gasteiger partial charge >= 0.3 is 0 Å². The second-order valence-corrected chi connectivity index (χ2v) is 6.41. The van der Waals surface area contributed by atoms with Crippen LogP contribution in [-0.2, 0) is 4.79 Å². The van der Waals surface area contributed by atoms with Gasteiger partial charge < -0.3 is 11.1 Å². The van der Waals surface area contributed by atoms with E-state index in [-0.39, 0.29) is 11.8 Å². The van der Waals surface area contributed by atoms with Crippen LogP contribution in [0.25, 0.3) is 10.9 Å². The number of hydrogen-bond donors (Lipinski definition) is 2. The van der Waals surface area contributed by atoms with E-state index >= 15 is 0 Å². The van der Waals surface area contributed by atoms with Crippen molar-refractivity contribution in [1.29, 1.82) is 0 Å². The highest BCUT2D eigenvalue weighted by Gasteiger charge is 2.25. The topological polar surface area (TPSA) is 68.0 Å². The van der Waals surface area contributed by atoms with Gasteiger partial charge in [-0.1, -0.05) is 11.6 Å². The third kappa shape index (κ3) is 3.39. The molecule has 1 heterocycles. The van der Waals surface area contributed by atoms with Crippen LogP contribution in [-0.4, -0.2) is 17.4 Å². The number of halogens is 1. The molecule has 1 amide bonds. The molecule has 2 aromatic rings. The molecule has 1 aliphatic rings. The van der Waals surface area contributed by atoms with Crippen molar-refractivity contribution in [2.75, 3.05) is 11.9 Å². The maximum atomic E-state index is 12.3. The van der Waals surface area contributed by atoms with Gasteiger partial charge in [-0.15, -0.1) is 0 Å². The zero-order valence-corrected chi connectivity index (χ0v) is 13.1. The summed E-state index contributed by atoms with van der Waals surface area (Å²) < 4.78 is 0. The molecule has 1 fully saturated rings. The summed E-state index contributed by atoms with van der Waals surface area (Å²) in [5, 5.41) is 4.59. The van der Waals surface area contributed by atoms with E-state index in [4.69, 9.17) is 17.3 Å². The number of carbonyl (C=O) groups is 1. The molecule has 4 nitrogen and oxygen atoms in total.